The molecular weight excluding hydrogens is 328 g/mol. The molecule has 0 radical (unpaired) electrons. The third kappa shape index (κ3) is 4.50. The second-order valence-electron chi connectivity index (χ2n) is 7.24. The Balaban J connectivity index is 1.35. The molecule has 0 bridgehead atoms. The summed E-state index contributed by atoms with van der Waals surface area (Å²) in [5, 5.41) is 4.22. The van der Waals surface area contributed by atoms with Gasteiger partial charge in [-0.2, -0.15) is 4.98 Å². The first-order valence-corrected chi connectivity index (χ1v) is 9.80. The molecule has 0 saturated carbocycles. The summed E-state index contributed by atoms with van der Waals surface area (Å²) in [6.07, 6.45) is 5.07. The minimum Gasteiger partial charge on any atom is -0.379 e. The van der Waals surface area contributed by atoms with Crippen LogP contribution >= 0.6 is 0 Å². The van der Waals surface area contributed by atoms with Crippen LogP contribution < -0.4 is 0 Å². The molecule has 0 amide bonds. The number of piperidine rings is 1. The van der Waals surface area contributed by atoms with Crippen LogP contribution in [-0.4, -0.2) is 65.4 Å². The molecule has 2 aliphatic heterocycles. The van der Waals surface area contributed by atoms with E-state index >= 15 is 0 Å². The fourth-order valence-corrected chi connectivity index (χ4v) is 3.95. The van der Waals surface area contributed by atoms with Crippen molar-refractivity contribution in [1.29, 1.82) is 0 Å². The second-order valence-corrected chi connectivity index (χ2v) is 7.24. The Morgan fingerprint density at radius 2 is 1.88 bits per heavy atom. The van der Waals surface area contributed by atoms with Gasteiger partial charge in [0.25, 0.3) is 5.89 Å². The Labute approximate surface area is 155 Å². The molecular formula is C20H28N4O2. The Hall–Kier alpha value is -1.76. The van der Waals surface area contributed by atoms with Crippen LogP contribution in [0, 0.1) is 0 Å². The number of morpholine rings is 1. The van der Waals surface area contributed by atoms with E-state index in [0.29, 0.717) is 11.9 Å². The van der Waals surface area contributed by atoms with Gasteiger partial charge in [-0.25, -0.2) is 0 Å². The van der Waals surface area contributed by atoms with Crippen molar-refractivity contribution in [3.63, 3.8) is 0 Å². The normalized spacial score (nSPS) is 22.5. The van der Waals surface area contributed by atoms with Crippen LogP contribution in [-0.2, 0) is 11.3 Å². The topological polar surface area (TPSA) is 54.6 Å². The molecule has 26 heavy (non-hydrogen) atoms. The van der Waals surface area contributed by atoms with E-state index < -0.39 is 0 Å². The molecule has 1 aromatic carbocycles. The van der Waals surface area contributed by atoms with E-state index in [0.717, 1.165) is 57.3 Å². The Morgan fingerprint density at radius 3 is 2.73 bits per heavy atom. The summed E-state index contributed by atoms with van der Waals surface area (Å²) in [5.41, 5.74) is 0.980. The van der Waals surface area contributed by atoms with E-state index in [2.05, 4.69) is 19.9 Å². The molecule has 6 heteroatoms. The third-order valence-corrected chi connectivity index (χ3v) is 5.46. The molecule has 3 heterocycles. The number of aromatic nitrogens is 2. The van der Waals surface area contributed by atoms with Gasteiger partial charge in [-0.3, -0.25) is 9.80 Å². The standard InChI is InChI=1S/C20H28N4O2/c1-2-6-17(7-3-1)20-21-19(22-26-20)16-24-10-5-4-8-18(24)9-11-23-12-14-25-15-13-23/h1-3,6-7,18H,4-5,8-16H2. The predicted molar refractivity (Wildman–Crippen MR) is 99.7 cm³/mol. The first-order chi connectivity index (χ1) is 12.9. The lowest BCUT2D eigenvalue weighted by Crippen LogP contribution is -2.43. The van der Waals surface area contributed by atoms with E-state index in [4.69, 9.17) is 9.26 Å². The molecule has 1 unspecified atom stereocenters. The van der Waals surface area contributed by atoms with Gasteiger partial charge in [0, 0.05) is 24.7 Å². The van der Waals surface area contributed by atoms with Crippen molar-refractivity contribution in [2.45, 2.75) is 38.3 Å². The van der Waals surface area contributed by atoms with E-state index in [9.17, 15) is 0 Å². The van der Waals surface area contributed by atoms with Gasteiger partial charge >= 0.3 is 0 Å². The molecule has 2 fully saturated rings. The van der Waals surface area contributed by atoms with Crippen molar-refractivity contribution in [3.05, 3.63) is 36.2 Å². The fourth-order valence-electron chi connectivity index (χ4n) is 3.95. The lowest BCUT2D eigenvalue weighted by molar-refractivity contribution is 0.0300. The average molecular weight is 356 g/mol. The molecule has 0 spiro atoms. The van der Waals surface area contributed by atoms with Crippen LogP contribution in [0.2, 0.25) is 0 Å². The van der Waals surface area contributed by atoms with Crippen molar-refractivity contribution in [2.75, 3.05) is 39.4 Å². The minimum absolute atomic E-state index is 0.613. The summed E-state index contributed by atoms with van der Waals surface area (Å²) < 4.78 is 10.9. The predicted octanol–water partition coefficient (Wildman–Crippen LogP) is 2.81. The highest BCUT2D eigenvalue weighted by Gasteiger charge is 2.25. The van der Waals surface area contributed by atoms with E-state index in [1.54, 1.807) is 0 Å². The zero-order valence-electron chi connectivity index (χ0n) is 15.3. The van der Waals surface area contributed by atoms with Crippen molar-refractivity contribution in [3.8, 4) is 11.5 Å². The Morgan fingerprint density at radius 1 is 1.04 bits per heavy atom. The van der Waals surface area contributed by atoms with Gasteiger partial charge in [0.1, 0.15) is 0 Å². The summed E-state index contributed by atoms with van der Waals surface area (Å²) in [6.45, 7) is 6.95. The SMILES string of the molecule is c1ccc(-c2nc(CN3CCCCC3CCN3CCOCC3)no2)cc1. The van der Waals surface area contributed by atoms with Crippen LogP contribution in [0.15, 0.2) is 34.9 Å². The van der Waals surface area contributed by atoms with Crippen molar-refractivity contribution in [1.82, 2.24) is 19.9 Å². The smallest absolute Gasteiger partial charge is 0.257 e. The maximum Gasteiger partial charge on any atom is 0.257 e. The van der Waals surface area contributed by atoms with Crippen molar-refractivity contribution in [2.24, 2.45) is 0 Å². The van der Waals surface area contributed by atoms with Crippen LogP contribution in [0.25, 0.3) is 11.5 Å². The number of nitrogens with zero attached hydrogens (tertiary/aromatic N) is 4. The third-order valence-electron chi connectivity index (χ3n) is 5.46. The Bertz CT molecular complexity index is 669. The van der Waals surface area contributed by atoms with Gasteiger partial charge in [0.2, 0.25) is 0 Å². The van der Waals surface area contributed by atoms with Gasteiger partial charge < -0.3 is 9.26 Å². The van der Waals surface area contributed by atoms with Crippen LogP contribution in [0.4, 0.5) is 0 Å². The van der Waals surface area contributed by atoms with Crippen molar-refractivity contribution >= 4 is 0 Å². The number of hydrogen-bond donors (Lipinski definition) is 0. The molecule has 2 aliphatic rings. The van der Waals surface area contributed by atoms with E-state index in [-0.39, 0.29) is 0 Å². The maximum atomic E-state index is 5.47. The van der Waals surface area contributed by atoms with Gasteiger partial charge in [0.15, 0.2) is 5.82 Å². The number of hydrogen-bond acceptors (Lipinski definition) is 6. The highest BCUT2D eigenvalue weighted by molar-refractivity contribution is 5.51. The zero-order chi connectivity index (χ0) is 17.6. The molecule has 2 saturated heterocycles. The number of rotatable bonds is 6. The molecule has 0 aliphatic carbocycles. The first-order valence-electron chi connectivity index (χ1n) is 9.80. The second kappa shape index (κ2) is 8.75. The Kier molecular flexibility index (Phi) is 5.94. The molecule has 4 rings (SSSR count). The number of benzene rings is 1. The average Bonchev–Trinajstić information content (AvgIpc) is 3.17. The summed E-state index contributed by atoms with van der Waals surface area (Å²) in [4.78, 5) is 9.68. The van der Waals surface area contributed by atoms with E-state index in [1.807, 2.05) is 30.3 Å². The van der Waals surface area contributed by atoms with Gasteiger partial charge in [-0.05, 0) is 44.5 Å². The number of ether oxygens (including phenoxy) is 1. The maximum absolute atomic E-state index is 5.47. The minimum atomic E-state index is 0.613. The van der Waals surface area contributed by atoms with Gasteiger partial charge in [-0.15, -0.1) is 0 Å². The van der Waals surface area contributed by atoms with Crippen LogP contribution in [0.3, 0.4) is 0 Å². The fraction of sp³-hybridized carbons (Fsp3) is 0.600. The molecule has 0 N–H and O–H groups in total. The summed E-state index contributed by atoms with van der Waals surface area (Å²) in [6, 6.07) is 10.6. The summed E-state index contributed by atoms with van der Waals surface area (Å²) >= 11 is 0. The lowest BCUT2D eigenvalue weighted by atomic mass is 9.99. The molecule has 1 atom stereocenters. The highest BCUT2D eigenvalue weighted by Crippen LogP contribution is 2.23. The molecule has 1 aromatic heterocycles. The largest absolute Gasteiger partial charge is 0.379 e. The first kappa shape index (κ1) is 17.6. The zero-order valence-corrected chi connectivity index (χ0v) is 15.3. The lowest BCUT2D eigenvalue weighted by Gasteiger charge is -2.36. The van der Waals surface area contributed by atoms with Crippen molar-refractivity contribution < 1.29 is 9.26 Å². The quantitative estimate of drug-likeness (QED) is 0.793. The monoisotopic (exact) mass is 356 g/mol. The van der Waals surface area contributed by atoms with Gasteiger partial charge in [0.05, 0.1) is 19.8 Å². The van der Waals surface area contributed by atoms with Crippen LogP contribution in [0.1, 0.15) is 31.5 Å². The number of likely N-dealkylation sites (tertiary alicyclic amines) is 1. The van der Waals surface area contributed by atoms with Crippen LogP contribution in [0.5, 0.6) is 0 Å². The molecule has 6 nitrogen and oxygen atoms in total. The molecule has 140 valence electrons. The summed E-state index contributed by atoms with van der Waals surface area (Å²) in [7, 11) is 0. The highest BCUT2D eigenvalue weighted by atomic mass is 16.5. The van der Waals surface area contributed by atoms with E-state index in [1.165, 1.54) is 25.7 Å². The molecule has 2 aromatic rings. The van der Waals surface area contributed by atoms with Gasteiger partial charge in [-0.1, -0.05) is 29.8 Å². The summed E-state index contributed by atoms with van der Waals surface area (Å²) in [5.74, 6) is 1.41.